The molecule has 290 valence electrons. The van der Waals surface area contributed by atoms with Gasteiger partial charge in [-0.3, -0.25) is 0 Å². The lowest BCUT2D eigenvalue weighted by Crippen LogP contribution is -2.29. The third kappa shape index (κ3) is 5.20. The maximum absolute atomic E-state index is 2.62. The molecule has 8 aromatic carbocycles. The van der Waals surface area contributed by atoms with Crippen molar-refractivity contribution >= 4 is 55.2 Å². The third-order valence-electron chi connectivity index (χ3n) is 13.5. The quantitative estimate of drug-likeness (QED) is 0.157. The van der Waals surface area contributed by atoms with Crippen molar-refractivity contribution in [3.63, 3.8) is 0 Å². The van der Waals surface area contributed by atoms with Gasteiger partial charge in [-0.2, -0.15) is 0 Å². The molecule has 0 bridgehead atoms. The first kappa shape index (κ1) is 36.2. The smallest absolute Gasteiger partial charge is 0.0736 e. The van der Waals surface area contributed by atoms with Crippen LogP contribution in [-0.2, 0) is 12.0 Å². The minimum absolute atomic E-state index is 0.554. The lowest BCUT2D eigenvalue weighted by atomic mass is 9.67. The zero-order valence-electron chi connectivity index (χ0n) is 34.8. The van der Waals surface area contributed by atoms with Gasteiger partial charge in [-0.15, -0.1) is 0 Å². The predicted molar refractivity (Wildman–Crippen MR) is 255 cm³/mol. The molecule has 2 aliphatic carbocycles. The van der Waals surface area contributed by atoms with E-state index >= 15 is 0 Å². The first-order valence-electron chi connectivity index (χ1n) is 21.6. The lowest BCUT2D eigenvalue weighted by molar-refractivity contribution is 0.768. The van der Waals surface area contributed by atoms with Crippen LogP contribution in [-0.4, -0.2) is 4.57 Å². The molecule has 0 spiro atoms. The van der Waals surface area contributed by atoms with Crippen LogP contribution >= 0.6 is 0 Å². The molecule has 11 rings (SSSR count). The van der Waals surface area contributed by atoms with Crippen molar-refractivity contribution in [3.8, 4) is 11.1 Å². The number of hydrogen-bond donors (Lipinski definition) is 0. The van der Waals surface area contributed by atoms with E-state index in [1.165, 1.54) is 111 Å². The summed E-state index contributed by atoms with van der Waals surface area (Å²) in [6, 6.07) is 64.1. The summed E-state index contributed by atoms with van der Waals surface area (Å²) in [7, 11) is 0. The molecule has 1 heterocycles. The second-order valence-electron chi connectivity index (χ2n) is 16.7. The molecule has 0 saturated carbocycles. The fourth-order valence-corrected chi connectivity index (χ4v) is 10.9. The van der Waals surface area contributed by atoms with Crippen LogP contribution in [0, 0.1) is 13.8 Å². The highest BCUT2D eigenvalue weighted by Crippen LogP contribution is 2.60. The lowest BCUT2D eigenvalue weighted by Gasteiger charge is -2.36. The summed E-state index contributed by atoms with van der Waals surface area (Å²) in [5.74, 6) is 0. The molecule has 0 unspecified atom stereocenters. The summed E-state index contributed by atoms with van der Waals surface area (Å²) < 4.78 is 2.53. The van der Waals surface area contributed by atoms with Crippen molar-refractivity contribution in [3.05, 3.63) is 227 Å². The summed E-state index contributed by atoms with van der Waals surface area (Å²) in [4.78, 5) is 2.62. The van der Waals surface area contributed by atoms with Crippen LogP contribution < -0.4 is 4.90 Å². The molecule has 0 radical (unpaired) electrons. The second-order valence-corrected chi connectivity index (χ2v) is 16.7. The molecule has 1 aromatic heterocycles. The summed E-state index contributed by atoms with van der Waals surface area (Å²) >= 11 is 0. The normalized spacial score (nSPS) is 14.3. The van der Waals surface area contributed by atoms with Crippen molar-refractivity contribution < 1.29 is 0 Å². The SMILES string of the molecule is CCn1c2ccccc2c2cccc(N(c3cccc(C4=C(C)C=CCC4)c3C)c3cc4c(c5ccccc35)-c3ccc(C)cc3C4(c3ccccc3)c3ccccc3)c21. The highest BCUT2D eigenvalue weighted by molar-refractivity contribution is 6.16. The van der Waals surface area contributed by atoms with Crippen molar-refractivity contribution in [2.45, 2.75) is 52.5 Å². The zero-order valence-corrected chi connectivity index (χ0v) is 34.8. The van der Waals surface area contributed by atoms with E-state index in [9.17, 15) is 0 Å². The second kappa shape index (κ2) is 14.1. The number of nitrogens with zero attached hydrogens (tertiary/aromatic N) is 2. The minimum Gasteiger partial charge on any atom is -0.339 e. The van der Waals surface area contributed by atoms with Gasteiger partial charge in [-0.25, -0.2) is 0 Å². The summed E-state index contributed by atoms with van der Waals surface area (Å²) in [6.45, 7) is 9.99. The number of hydrogen-bond acceptors (Lipinski definition) is 1. The number of aromatic nitrogens is 1. The number of allylic oxidation sites excluding steroid dienone is 4. The molecule has 2 nitrogen and oxygen atoms in total. The molecule has 0 amide bonds. The molecule has 0 N–H and O–H groups in total. The molecular formula is C58H48N2. The molecule has 9 aromatic rings. The predicted octanol–water partition coefficient (Wildman–Crippen LogP) is 15.5. The Kier molecular flexibility index (Phi) is 8.53. The van der Waals surface area contributed by atoms with Gasteiger partial charge in [0.25, 0.3) is 0 Å². The van der Waals surface area contributed by atoms with E-state index in [0.717, 1.165) is 19.4 Å². The number of para-hydroxylation sites is 2. The minimum atomic E-state index is -0.554. The zero-order chi connectivity index (χ0) is 40.5. The first-order valence-corrected chi connectivity index (χ1v) is 21.6. The fraction of sp³-hybridized carbons (Fsp3) is 0.138. The topological polar surface area (TPSA) is 8.17 Å². The highest BCUT2D eigenvalue weighted by atomic mass is 15.2. The van der Waals surface area contributed by atoms with Crippen LogP contribution in [0.2, 0.25) is 0 Å². The Labute approximate surface area is 353 Å². The van der Waals surface area contributed by atoms with Crippen LogP contribution in [0.4, 0.5) is 17.1 Å². The Morgan fingerprint density at radius 1 is 0.550 bits per heavy atom. The number of rotatable bonds is 7. The monoisotopic (exact) mass is 772 g/mol. The molecule has 0 aliphatic heterocycles. The molecule has 0 fully saturated rings. The fourth-order valence-electron chi connectivity index (χ4n) is 10.9. The van der Waals surface area contributed by atoms with Gasteiger partial charge in [0.2, 0.25) is 0 Å². The van der Waals surface area contributed by atoms with Gasteiger partial charge in [0.15, 0.2) is 0 Å². The van der Waals surface area contributed by atoms with Gasteiger partial charge in [0.1, 0.15) is 0 Å². The van der Waals surface area contributed by atoms with Gasteiger partial charge in [0, 0.05) is 33.9 Å². The molecule has 0 atom stereocenters. The van der Waals surface area contributed by atoms with Crippen LogP contribution in [0.5, 0.6) is 0 Å². The van der Waals surface area contributed by atoms with Crippen LogP contribution in [0.1, 0.15) is 65.6 Å². The summed E-state index contributed by atoms with van der Waals surface area (Å²) in [5, 5.41) is 5.06. The number of benzene rings is 8. The third-order valence-corrected chi connectivity index (χ3v) is 13.5. The number of aryl methyl sites for hydroxylation is 2. The van der Waals surface area contributed by atoms with Crippen molar-refractivity contribution in [1.82, 2.24) is 4.57 Å². The van der Waals surface area contributed by atoms with E-state index in [0.29, 0.717) is 0 Å². The average molecular weight is 773 g/mol. The Bertz CT molecular complexity index is 3180. The molecule has 2 aliphatic rings. The maximum Gasteiger partial charge on any atom is 0.0736 e. The van der Waals surface area contributed by atoms with Crippen molar-refractivity contribution in [1.29, 1.82) is 0 Å². The number of anilines is 3. The average Bonchev–Trinajstić information content (AvgIpc) is 3.78. The van der Waals surface area contributed by atoms with Gasteiger partial charge < -0.3 is 9.47 Å². The van der Waals surface area contributed by atoms with Crippen molar-refractivity contribution in [2.75, 3.05) is 4.90 Å². The van der Waals surface area contributed by atoms with Crippen LogP contribution in [0.15, 0.2) is 188 Å². The van der Waals surface area contributed by atoms with Crippen LogP contribution in [0.3, 0.4) is 0 Å². The first-order chi connectivity index (χ1) is 29.5. The van der Waals surface area contributed by atoms with Crippen LogP contribution in [0.25, 0.3) is 49.3 Å². The Morgan fingerprint density at radius 2 is 1.20 bits per heavy atom. The largest absolute Gasteiger partial charge is 0.339 e. The Morgan fingerprint density at radius 3 is 1.93 bits per heavy atom. The molecular weight excluding hydrogens is 725 g/mol. The standard InChI is InChI=1S/C58H48N2/c1-5-59-53-31-17-16-27-46(53)48-30-19-33-54(57(48)59)60(52-32-18-29-44(40(52)4)43-25-13-12-20-39(43)3)55-37-51-56(47-28-15-14-26-45(47)55)49-35-34-38(2)36-50(49)58(51,41-21-8-6-9-22-41)42-23-10-7-11-24-42/h6-12,14-24,26-37H,5,13,25H2,1-4H3. The summed E-state index contributed by atoms with van der Waals surface area (Å²) in [6.07, 6.45) is 6.73. The van der Waals surface area contributed by atoms with E-state index in [2.05, 4.69) is 219 Å². The van der Waals surface area contributed by atoms with E-state index in [4.69, 9.17) is 0 Å². The summed E-state index contributed by atoms with van der Waals surface area (Å²) in [5.41, 5.74) is 20.0. The maximum atomic E-state index is 2.62. The van der Waals surface area contributed by atoms with Crippen molar-refractivity contribution in [2.24, 2.45) is 0 Å². The van der Waals surface area contributed by atoms with E-state index in [1.54, 1.807) is 0 Å². The Balaban J connectivity index is 1.32. The van der Waals surface area contributed by atoms with E-state index in [1.807, 2.05) is 0 Å². The molecule has 0 saturated heterocycles. The van der Waals surface area contributed by atoms with Gasteiger partial charge in [-0.05, 0) is 126 Å². The van der Waals surface area contributed by atoms with Gasteiger partial charge in [-0.1, -0.05) is 163 Å². The van der Waals surface area contributed by atoms with Gasteiger partial charge >= 0.3 is 0 Å². The van der Waals surface area contributed by atoms with Gasteiger partial charge in [0.05, 0.1) is 22.3 Å². The van der Waals surface area contributed by atoms with E-state index < -0.39 is 5.41 Å². The highest BCUT2D eigenvalue weighted by Gasteiger charge is 2.47. The number of fused-ring (bicyclic) bond motifs is 8. The Hall–Kier alpha value is -6.90. The molecule has 2 heteroatoms. The molecule has 60 heavy (non-hydrogen) atoms. The van der Waals surface area contributed by atoms with E-state index in [-0.39, 0.29) is 0 Å².